The number of hydrogen-bond acceptors (Lipinski definition) is 5. The third-order valence-electron chi connectivity index (χ3n) is 5.14. The maximum Gasteiger partial charge on any atom is 0.227 e. The second-order valence-electron chi connectivity index (χ2n) is 7.05. The number of ether oxygens (including phenoxy) is 1. The summed E-state index contributed by atoms with van der Waals surface area (Å²) >= 11 is 0. The molecule has 1 aromatic heterocycles. The highest BCUT2D eigenvalue weighted by molar-refractivity contribution is 5.79. The van der Waals surface area contributed by atoms with Crippen LogP contribution in [0.1, 0.15) is 24.8 Å². The van der Waals surface area contributed by atoms with E-state index in [1.54, 1.807) is 23.1 Å². The van der Waals surface area contributed by atoms with Crippen molar-refractivity contribution in [1.82, 2.24) is 14.9 Å². The van der Waals surface area contributed by atoms with Crippen LogP contribution in [-0.4, -0.2) is 53.1 Å². The van der Waals surface area contributed by atoms with Gasteiger partial charge in [-0.05, 0) is 24.5 Å². The summed E-state index contributed by atoms with van der Waals surface area (Å²) < 4.78 is 19.7. The van der Waals surface area contributed by atoms with E-state index >= 15 is 0 Å². The van der Waals surface area contributed by atoms with Crippen molar-refractivity contribution in [3.8, 4) is 5.88 Å². The van der Waals surface area contributed by atoms with E-state index in [0.717, 1.165) is 25.3 Å². The van der Waals surface area contributed by atoms with Gasteiger partial charge in [-0.25, -0.2) is 14.4 Å². The van der Waals surface area contributed by atoms with Gasteiger partial charge < -0.3 is 14.5 Å². The number of carbonyl (C=O) groups is 1. The molecule has 0 spiro atoms. The lowest BCUT2D eigenvalue weighted by Crippen LogP contribution is -2.32. The predicted molar refractivity (Wildman–Crippen MR) is 99.2 cm³/mol. The molecule has 1 amide bonds. The summed E-state index contributed by atoms with van der Waals surface area (Å²) in [4.78, 5) is 25.0. The Labute approximate surface area is 158 Å². The molecule has 142 valence electrons. The third kappa shape index (κ3) is 4.18. The molecule has 2 fully saturated rings. The Balaban J connectivity index is 1.34. The quantitative estimate of drug-likeness (QED) is 0.809. The van der Waals surface area contributed by atoms with Gasteiger partial charge in [-0.1, -0.05) is 18.2 Å². The molecule has 2 aromatic rings. The van der Waals surface area contributed by atoms with Crippen molar-refractivity contribution in [2.75, 3.05) is 31.1 Å². The third-order valence-corrected chi connectivity index (χ3v) is 5.14. The summed E-state index contributed by atoms with van der Waals surface area (Å²) in [5.41, 5.74) is 0.429. The lowest BCUT2D eigenvalue weighted by Gasteiger charge is -2.19. The Morgan fingerprint density at radius 3 is 2.81 bits per heavy atom. The molecule has 0 aliphatic carbocycles. The minimum Gasteiger partial charge on any atom is -0.472 e. The molecule has 0 saturated carbocycles. The van der Waals surface area contributed by atoms with E-state index in [4.69, 9.17) is 4.74 Å². The summed E-state index contributed by atoms with van der Waals surface area (Å²) in [6.07, 6.45) is 4.61. The van der Waals surface area contributed by atoms with Crippen LogP contribution in [0.2, 0.25) is 0 Å². The Morgan fingerprint density at radius 1 is 1.19 bits per heavy atom. The first-order chi connectivity index (χ1) is 13.2. The van der Waals surface area contributed by atoms with Gasteiger partial charge >= 0.3 is 0 Å². The molecular weight excluding hydrogens is 347 g/mol. The largest absolute Gasteiger partial charge is 0.472 e. The molecule has 0 N–H and O–H groups in total. The van der Waals surface area contributed by atoms with Gasteiger partial charge in [0, 0.05) is 32.1 Å². The number of amides is 1. The van der Waals surface area contributed by atoms with Crippen LogP contribution in [0, 0.1) is 5.82 Å². The van der Waals surface area contributed by atoms with Gasteiger partial charge in [-0.2, -0.15) is 0 Å². The molecule has 1 aromatic carbocycles. The van der Waals surface area contributed by atoms with E-state index in [0.29, 0.717) is 24.5 Å². The van der Waals surface area contributed by atoms with Gasteiger partial charge in [-0.15, -0.1) is 0 Å². The van der Waals surface area contributed by atoms with Crippen molar-refractivity contribution in [1.29, 1.82) is 0 Å². The number of hydrogen-bond donors (Lipinski definition) is 0. The van der Waals surface area contributed by atoms with E-state index in [-0.39, 0.29) is 24.2 Å². The number of benzene rings is 1. The second-order valence-corrected chi connectivity index (χ2v) is 7.05. The van der Waals surface area contributed by atoms with Gasteiger partial charge in [0.1, 0.15) is 24.1 Å². The molecule has 2 saturated heterocycles. The maximum absolute atomic E-state index is 13.8. The van der Waals surface area contributed by atoms with Crippen molar-refractivity contribution in [3.05, 3.63) is 48.0 Å². The zero-order chi connectivity index (χ0) is 18.6. The average molecular weight is 370 g/mol. The van der Waals surface area contributed by atoms with Crippen LogP contribution in [0.3, 0.4) is 0 Å². The van der Waals surface area contributed by atoms with E-state index in [1.165, 1.54) is 25.2 Å². The zero-order valence-electron chi connectivity index (χ0n) is 15.2. The topological polar surface area (TPSA) is 58.6 Å². The number of likely N-dealkylation sites (tertiary alicyclic amines) is 1. The fourth-order valence-electron chi connectivity index (χ4n) is 3.65. The highest BCUT2D eigenvalue weighted by Crippen LogP contribution is 2.23. The first kappa shape index (κ1) is 17.7. The van der Waals surface area contributed by atoms with Crippen molar-refractivity contribution in [2.45, 2.75) is 31.8 Å². The standard InChI is InChI=1S/C20H23FN4O2/c21-17-6-2-1-5-15(17)11-20(26)25-10-7-16(13-25)27-19-12-18(22-14-23-19)24-8-3-4-9-24/h1-2,5-6,12,14,16H,3-4,7-11,13H2. The molecule has 2 aliphatic heterocycles. The second kappa shape index (κ2) is 7.90. The van der Waals surface area contributed by atoms with Gasteiger partial charge in [0.05, 0.1) is 13.0 Å². The molecule has 6 nitrogen and oxygen atoms in total. The lowest BCUT2D eigenvalue weighted by atomic mass is 10.1. The smallest absolute Gasteiger partial charge is 0.227 e. The van der Waals surface area contributed by atoms with Gasteiger partial charge in [0.25, 0.3) is 0 Å². The maximum atomic E-state index is 13.8. The van der Waals surface area contributed by atoms with Gasteiger partial charge in [0.15, 0.2) is 0 Å². The summed E-state index contributed by atoms with van der Waals surface area (Å²) in [6, 6.07) is 8.27. The van der Waals surface area contributed by atoms with E-state index in [1.807, 2.05) is 6.07 Å². The fraction of sp³-hybridized carbons (Fsp3) is 0.450. The van der Waals surface area contributed by atoms with Gasteiger partial charge in [0.2, 0.25) is 11.8 Å². The average Bonchev–Trinajstić information content (AvgIpc) is 3.36. The number of aromatic nitrogens is 2. The number of rotatable bonds is 5. The number of anilines is 1. The van der Waals surface area contributed by atoms with E-state index in [2.05, 4.69) is 14.9 Å². The normalized spacial score (nSPS) is 19.5. The van der Waals surface area contributed by atoms with Crippen LogP contribution in [0.25, 0.3) is 0 Å². The molecule has 0 bridgehead atoms. The lowest BCUT2D eigenvalue weighted by molar-refractivity contribution is -0.129. The fourth-order valence-corrected chi connectivity index (χ4v) is 3.65. The summed E-state index contributed by atoms with van der Waals surface area (Å²) in [5.74, 6) is 1.02. The molecule has 3 heterocycles. The SMILES string of the molecule is O=C(Cc1ccccc1F)N1CCC(Oc2cc(N3CCCC3)ncn2)C1. The molecule has 1 atom stereocenters. The van der Waals surface area contributed by atoms with Crippen LogP contribution in [-0.2, 0) is 11.2 Å². The minimum absolute atomic E-state index is 0.0754. The number of halogens is 1. The van der Waals surface area contributed by atoms with E-state index in [9.17, 15) is 9.18 Å². The highest BCUT2D eigenvalue weighted by Gasteiger charge is 2.28. The minimum atomic E-state index is -0.340. The number of carbonyl (C=O) groups excluding carboxylic acids is 1. The molecule has 2 aliphatic rings. The summed E-state index contributed by atoms with van der Waals surface area (Å²) in [5, 5.41) is 0. The van der Waals surface area contributed by atoms with Crippen molar-refractivity contribution >= 4 is 11.7 Å². The Bertz CT molecular complexity index is 810. The first-order valence-electron chi connectivity index (χ1n) is 9.44. The number of nitrogens with zero attached hydrogens (tertiary/aromatic N) is 4. The molecular formula is C20H23FN4O2. The summed E-state index contributed by atoms with van der Waals surface area (Å²) in [6.45, 7) is 3.13. The Morgan fingerprint density at radius 2 is 2.00 bits per heavy atom. The van der Waals surface area contributed by atoms with Crippen LogP contribution in [0.4, 0.5) is 10.2 Å². The molecule has 1 unspecified atom stereocenters. The van der Waals surface area contributed by atoms with Crippen LogP contribution in [0.15, 0.2) is 36.7 Å². The Kier molecular flexibility index (Phi) is 5.18. The van der Waals surface area contributed by atoms with Crippen molar-refractivity contribution in [3.63, 3.8) is 0 Å². The highest BCUT2D eigenvalue weighted by atomic mass is 19.1. The van der Waals surface area contributed by atoms with Crippen molar-refractivity contribution in [2.24, 2.45) is 0 Å². The van der Waals surface area contributed by atoms with Crippen LogP contribution >= 0.6 is 0 Å². The molecule has 0 radical (unpaired) electrons. The van der Waals surface area contributed by atoms with Gasteiger partial charge in [-0.3, -0.25) is 4.79 Å². The predicted octanol–water partition coefficient (Wildman–Crippen LogP) is 2.44. The summed E-state index contributed by atoms with van der Waals surface area (Å²) in [7, 11) is 0. The monoisotopic (exact) mass is 370 g/mol. The van der Waals surface area contributed by atoms with Crippen molar-refractivity contribution < 1.29 is 13.9 Å². The van der Waals surface area contributed by atoms with Crippen LogP contribution < -0.4 is 9.64 Å². The first-order valence-corrected chi connectivity index (χ1v) is 9.44. The van der Waals surface area contributed by atoms with E-state index < -0.39 is 0 Å². The van der Waals surface area contributed by atoms with Crippen LogP contribution in [0.5, 0.6) is 5.88 Å². The molecule has 4 rings (SSSR count). The zero-order valence-corrected chi connectivity index (χ0v) is 15.2. The Hall–Kier alpha value is -2.70. The molecule has 27 heavy (non-hydrogen) atoms. The molecule has 7 heteroatoms.